The minimum atomic E-state index is -0.291. The maximum absolute atomic E-state index is 12.8. The van der Waals surface area contributed by atoms with Crippen LogP contribution in [0.5, 0.6) is 5.75 Å². The predicted octanol–water partition coefficient (Wildman–Crippen LogP) is 3.91. The molecule has 1 heterocycles. The number of fused-ring (bicyclic) bond motifs is 1. The molecule has 0 saturated heterocycles. The van der Waals surface area contributed by atoms with Crippen molar-refractivity contribution in [2.24, 2.45) is 5.10 Å². The predicted molar refractivity (Wildman–Crippen MR) is 113 cm³/mol. The molecule has 0 spiro atoms. The highest BCUT2D eigenvalue weighted by atomic mass is 16.5. The third-order valence-corrected chi connectivity index (χ3v) is 4.90. The number of hydrogen-bond acceptors (Lipinski definition) is 4. The van der Waals surface area contributed by atoms with Gasteiger partial charge >= 0.3 is 0 Å². The molecule has 6 heteroatoms. The van der Waals surface area contributed by atoms with Crippen LogP contribution >= 0.6 is 0 Å². The molecule has 0 radical (unpaired) electrons. The Labute approximate surface area is 170 Å². The van der Waals surface area contributed by atoms with Crippen LogP contribution in [0.2, 0.25) is 0 Å². The van der Waals surface area contributed by atoms with E-state index >= 15 is 0 Å². The molecule has 29 heavy (non-hydrogen) atoms. The SMILES string of the molecule is CCCOc1ccccc1/C=N/NC(=O)c1nn(-c2ccccc2)c2c1CCC2. The van der Waals surface area contributed by atoms with E-state index in [0.29, 0.717) is 12.3 Å². The van der Waals surface area contributed by atoms with Gasteiger partial charge in [-0.15, -0.1) is 0 Å². The molecule has 0 aliphatic heterocycles. The number of hydrazone groups is 1. The van der Waals surface area contributed by atoms with E-state index in [1.54, 1.807) is 6.21 Å². The number of hydrogen-bond donors (Lipinski definition) is 1. The van der Waals surface area contributed by atoms with Crippen LogP contribution in [0.4, 0.5) is 0 Å². The number of aromatic nitrogens is 2. The lowest BCUT2D eigenvalue weighted by atomic mass is 10.2. The molecule has 0 bridgehead atoms. The van der Waals surface area contributed by atoms with Crippen LogP contribution in [-0.4, -0.2) is 28.5 Å². The van der Waals surface area contributed by atoms with Gasteiger partial charge in [0, 0.05) is 16.8 Å². The number of amides is 1. The van der Waals surface area contributed by atoms with Gasteiger partial charge in [-0.25, -0.2) is 10.1 Å². The third kappa shape index (κ3) is 4.06. The number of carbonyl (C=O) groups is 1. The summed E-state index contributed by atoms with van der Waals surface area (Å²) < 4.78 is 7.61. The normalized spacial score (nSPS) is 12.9. The zero-order chi connectivity index (χ0) is 20.1. The van der Waals surface area contributed by atoms with Crippen molar-refractivity contribution in [3.63, 3.8) is 0 Å². The van der Waals surface area contributed by atoms with Crippen LogP contribution in [-0.2, 0) is 12.8 Å². The van der Waals surface area contributed by atoms with E-state index < -0.39 is 0 Å². The first-order valence-electron chi connectivity index (χ1n) is 9.99. The van der Waals surface area contributed by atoms with Gasteiger partial charge in [-0.2, -0.15) is 10.2 Å². The number of carbonyl (C=O) groups excluding carboxylic acids is 1. The highest BCUT2D eigenvalue weighted by Gasteiger charge is 2.26. The van der Waals surface area contributed by atoms with E-state index in [1.807, 2.05) is 59.3 Å². The summed E-state index contributed by atoms with van der Waals surface area (Å²) >= 11 is 0. The maximum Gasteiger partial charge on any atom is 0.292 e. The van der Waals surface area contributed by atoms with Crippen molar-refractivity contribution >= 4 is 12.1 Å². The lowest BCUT2D eigenvalue weighted by molar-refractivity contribution is 0.0949. The second-order valence-corrected chi connectivity index (χ2v) is 6.96. The molecule has 4 rings (SSSR count). The summed E-state index contributed by atoms with van der Waals surface area (Å²) in [4.78, 5) is 12.8. The molecule has 1 aromatic heterocycles. The molecular formula is C23H24N4O2. The molecule has 1 aliphatic carbocycles. The van der Waals surface area contributed by atoms with E-state index in [1.165, 1.54) is 0 Å². The molecule has 1 aliphatic rings. The van der Waals surface area contributed by atoms with Crippen LogP contribution in [0, 0.1) is 0 Å². The fraction of sp³-hybridized carbons (Fsp3) is 0.261. The minimum Gasteiger partial charge on any atom is -0.493 e. The van der Waals surface area contributed by atoms with Crippen molar-refractivity contribution in [2.75, 3.05) is 6.61 Å². The second-order valence-electron chi connectivity index (χ2n) is 6.96. The zero-order valence-corrected chi connectivity index (χ0v) is 16.5. The van der Waals surface area contributed by atoms with Gasteiger partial charge in [-0.1, -0.05) is 37.3 Å². The van der Waals surface area contributed by atoms with Crippen molar-refractivity contribution in [3.8, 4) is 11.4 Å². The number of nitrogens with one attached hydrogen (secondary N) is 1. The summed E-state index contributed by atoms with van der Waals surface area (Å²) in [5.74, 6) is 0.461. The summed E-state index contributed by atoms with van der Waals surface area (Å²) in [6, 6.07) is 17.5. The highest BCUT2D eigenvalue weighted by molar-refractivity contribution is 5.95. The third-order valence-electron chi connectivity index (χ3n) is 4.90. The molecule has 1 N–H and O–H groups in total. The maximum atomic E-state index is 12.8. The Morgan fingerprint density at radius 2 is 1.97 bits per heavy atom. The summed E-state index contributed by atoms with van der Waals surface area (Å²) in [7, 11) is 0. The van der Waals surface area contributed by atoms with E-state index in [2.05, 4.69) is 22.5 Å². The van der Waals surface area contributed by atoms with Gasteiger partial charge in [0.1, 0.15) is 5.75 Å². The summed E-state index contributed by atoms with van der Waals surface area (Å²) in [5.41, 5.74) is 7.00. The molecule has 0 fully saturated rings. The van der Waals surface area contributed by atoms with Crippen molar-refractivity contribution in [3.05, 3.63) is 77.1 Å². The van der Waals surface area contributed by atoms with Gasteiger partial charge < -0.3 is 4.74 Å². The van der Waals surface area contributed by atoms with E-state index in [0.717, 1.165) is 53.9 Å². The van der Waals surface area contributed by atoms with Gasteiger partial charge in [0.05, 0.1) is 18.5 Å². The molecule has 0 unspecified atom stereocenters. The average Bonchev–Trinajstić information content (AvgIpc) is 3.36. The summed E-state index contributed by atoms with van der Waals surface area (Å²) in [5, 5.41) is 8.73. The van der Waals surface area contributed by atoms with Crippen LogP contribution in [0.25, 0.3) is 5.69 Å². The van der Waals surface area contributed by atoms with Crippen LogP contribution in [0.1, 0.15) is 47.1 Å². The standard InChI is InChI=1S/C23H24N4O2/c1-2-15-29-21-14-7-6-9-17(21)16-24-25-23(28)22-19-12-8-13-20(19)27(26-22)18-10-4-3-5-11-18/h3-7,9-11,14,16H,2,8,12-13,15H2,1H3,(H,25,28)/b24-16+. The lowest BCUT2D eigenvalue weighted by Crippen LogP contribution is -2.20. The van der Waals surface area contributed by atoms with Gasteiger partial charge in [0.15, 0.2) is 5.69 Å². The van der Waals surface area contributed by atoms with E-state index in [9.17, 15) is 4.79 Å². The molecule has 1 amide bonds. The van der Waals surface area contributed by atoms with Gasteiger partial charge in [-0.3, -0.25) is 4.79 Å². The van der Waals surface area contributed by atoms with Crippen molar-refractivity contribution in [2.45, 2.75) is 32.6 Å². The van der Waals surface area contributed by atoms with Crippen LogP contribution in [0.3, 0.4) is 0 Å². The molecule has 0 atom stereocenters. The van der Waals surface area contributed by atoms with Crippen molar-refractivity contribution in [1.29, 1.82) is 0 Å². The highest BCUT2D eigenvalue weighted by Crippen LogP contribution is 2.27. The second kappa shape index (κ2) is 8.73. The Morgan fingerprint density at radius 3 is 2.79 bits per heavy atom. The number of ether oxygens (including phenoxy) is 1. The smallest absolute Gasteiger partial charge is 0.292 e. The summed E-state index contributed by atoms with van der Waals surface area (Å²) in [6.45, 7) is 2.70. The van der Waals surface area contributed by atoms with Crippen LogP contribution < -0.4 is 10.2 Å². The van der Waals surface area contributed by atoms with Gasteiger partial charge in [0.2, 0.25) is 0 Å². The molecular weight excluding hydrogens is 364 g/mol. The quantitative estimate of drug-likeness (QED) is 0.493. The fourth-order valence-electron chi connectivity index (χ4n) is 3.55. The molecule has 0 saturated carbocycles. The molecule has 3 aromatic rings. The molecule has 148 valence electrons. The summed E-state index contributed by atoms with van der Waals surface area (Å²) in [6.07, 6.45) is 5.36. The Morgan fingerprint density at radius 1 is 1.17 bits per heavy atom. The first-order chi connectivity index (χ1) is 14.3. The van der Waals surface area contributed by atoms with Crippen molar-refractivity contribution < 1.29 is 9.53 Å². The van der Waals surface area contributed by atoms with Gasteiger partial charge in [-0.05, 0) is 49.9 Å². The van der Waals surface area contributed by atoms with Crippen molar-refractivity contribution in [1.82, 2.24) is 15.2 Å². The van der Waals surface area contributed by atoms with Crippen LogP contribution in [0.15, 0.2) is 59.7 Å². The molecule has 2 aromatic carbocycles. The lowest BCUT2D eigenvalue weighted by Gasteiger charge is -2.07. The first-order valence-corrected chi connectivity index (χ1v) is 9.99. The Balaban J connectivity index is 1.52. The van der Waals surface area contributed by atoms with E-state index in [-0.39, 0.29) is 5.91 Å². The monoisotopic (exact) mass is 388 g/mol. The number of nitrogens with zero attached hydrogens (tertiary/aromatic N) is 3. The van der Waals surface area contributed by atoms with Gasteiger partial charge in [0.25, 0.3) is 5.91 Å². The largest absolute Gasteiger partial charge is 0.493 e. The average molecular weight is 388 g/mol. The fourth-order valence-corrected chi connectivity index (χ4v) is 3.55. The minimum absolute atomic E-state index is 0.291. The zero-order valence-electron chi connectivity index (χ0n) is 16.5. The number of benzene rings is 2. The number of rotatable bonds is 7. The Kier molecular flexibility index (Phi) is 5.70. The number of para-hydroxylation sites is 2. The topological polar surface area (TPSA) is 68.5 Å². The Hall–Kier alpha value is -3.41. The van der Waals surface area contributed by atoms with E-state index in [4.69, 9.17) is 4.74 Å². The first kappa shape index (κ1) is 18.9. The Bertz CT molecular complexity index is 1020. The molecule has 6 nitrogen and oxygen atoms in total.